The van der Waals surface area contributed by atoms with Crippen LogP contribution in [0.2, 0.25) is 170 Å². The van der Waals surface area contributed by atoms with Gasteiger partial charge in [0.15, 0.2) is 89.0 Å². The Labute approximate surface area is 435 Å². The van der Waals surface area contributed by atoms with Gasteiger partial charge in [0.2, 0.25) is 0 Å². The molecular formula is C35H98O15Si17. The molecule has 0 radical (unpaired) electrons. The summed E-state index contributed by atoms with van der Waals surface area (Å²) in [7, 11) is -31.4. The average molecular weight is 1240 g/mol. The van der Waals surface area contributed by atoms with E-state index >= 15 is 0 Å². The topological polar surface area (TPSA) is 138 Å². The molecule has 4 rings (SSSR count). The summed E-state index contributed by atoms with van der Waals surface area (Å²) >= 11 is 0. The van der Waals surface area contributed by atoms with E-state index in [0.29, 0.717) is 0 Å². The summed E-state index contributed by atoms with van der Waals surface area (Å²) in [6.07, 6.45) is 0.827. The first-order valence-electron chi connectivity index (χ1n) is 26.1. The van der Waals surface area contributed by atoms with E-state index in [1.807, 2.05) is 0 Å². The van der Waals surface area contributed by atoms with Crippen LogP contribution in [0.1, 0.15) is 27.7 Å². The number of hydrogen-bond acceptors (Lipinski definition) is 15. The lowest BCUT2D eigenvalue weighted by molar-refractivity contribution is 0.151. The van der Waals surface area contributed by atoms with Gasteiger partial charge in [0.05, 0.1) is 0 Å². The lowest BCUT2D eigenvalue weighted by Crippen LogP contribution is -2.64. The van der Waals surface area contributed by atoms with Crippen LogP contribution >= 0.6 is 0 Å². The fourth-order valence-corrected chi connectivity index (χ4v) is 75.6. The molecule has 0 aliphatic carbocycles. The molecule has 0 bridgehead atoms. The van der Waals surface area contributed by atoms with Crippen LogP contribution in [0, 0.1) is 0 Å². The van der Waals surface area contributed by atoms with E-state index in [1.165, 1.54) is 5.67 Å². The zero-order valence-corrected chi connectivity index (χ0v) is 64.5. The minimum absolute atomic E-state index is 0.162. The second kappa shape index (κ2) is 29.6. The van der Waals surface area contributed by atoms with Gasteiger partial charge in [0.25, 0.3) is 18.6 Å². The van der Waals surface area contributed by atoms with Gasteiger partial charge in [-0.25, -0.2) is 0 Å². The van der Waals surface area contributed by atoms with Gasteiger partial charge in [0, 0.05) is 24.4 Å². The van der Waals surface area contributed by atoms with Gasteiger partial charge in [-0.2, -0.15) is 0 Å². The molecule has 0 aromatic heterocycles. The first-order valence-corrected chi connectivity index (χ1v) is 64.6. The molecule has 17 unspecified atom stereocenters. The van der Waals surface area contributed by atoms with Gasteiger partial charge < -0.3 is 63.0 Å². The quantitative estimate of drug-likeness (QED) is 0.124. The van der Waals surface area contributed by atoms with Crippen molar-refractivity contribution in [3.05, 3.63) is 0 Å². The van der Waals surface area contributed by atoms with Gasteiger partial charge in [0.1, 0.15) is 0 Å². The molecule has 4 saturated heterocycles. The molecule has 0 amide bonds. The van der Waals surface area contributed by atoms with Crippen molar-refractivity contribution in [2.45, 2.75) is 222 Å². The Hall–Kier alpha value is 3.09. The third-order valence-electron chi connectivity index (χ3n) is 12.8. The molecule has 15 nitrogen and oxygen atoms in total. The zero-order chi connectivity index (χ0) is 49.7. The maximum atomic E-state index is 7.74. The predicted molar refractivity (Wildman–Crippen MR) is 316 cm³/mol. The molecule has 0 aromatic carbocycles. The van der Waals surface area contributed by atoms with Crippen LogP contribution in [0.5, 0.6) is 0 Å². The monoisotopic (exact) mass is 1230 g/mol. The van der Waals surface area contributed by atoms with Crippen LogP contribution in [-0.2, 0) is 63.0 Å². The van der Waals surface area contributed by atoms with E-state index in [2.05, 4.69) is 119 Å². The van der Waals surface area contributed by atoms with Crippen molar-refractivity contribution in [3.8, 4) is 0 Å². The smallest absolute Gasteiger partial charge is 0.460 e. The van der Waals surface area contributed by atoms with Crippen LogP contribution in [0.25, 0.3) is 0 Å². The SMILES string of the molecule is CC1C[SiH](C)O[SiH](C)C[SiH](CC[Si](C)(C)O[Si](O[SiH2]CC[SiH]2O[SiH](C)CC(C)O[SiH](C)O2)(O[Si](C)(C)CC[SiH]2CC(C)O[SiH](C)O[SiH](C)O2)O[Si](C)(C)CC[SiH]2OC(C)C[SiH](C)O[SiH](C)O2)O1. The van der Waals surface area contributed by atoms with E-state index in [1.54, 1.807) is 0 Å². The molecule has 67 heavy (non-hydrogen) atoms. The van der Waals surface area contributed by atoms with Crippen molar-refractivity contribution in [2.75, 3.05) is 0 Å². The standard InChI is InChI=1S/C35H98O15Si17/c1-32-27-54(7)43-63(46-57(10)36-32)20-19-51-40-67(48-64(13,14)24-21-60-30-35(4)37-56(9)44-59(12)45-60,49-65(15,16)25-22-61-31-55(8)41-52(5)28-33(2)38-61)50-66(17,18)26-23-62-39-34(3)29-53(6)42-58(11)47-62/h32-35,52-63H,19-31,51H2,1-18H3. The first kappa shape index (κ1) is 62.6. The van der Waals surface area contributed by atoms with Crippen molar-refractivity contribution >= 4 is 154 Å². The highest BCUT2D eigenvalue weighted by Gasteiger charge is 2.56. The second-order valence-electron chi connectivity index (χ2n) is 22.2. The summed E-state index contributed by atoms with van der Waals surface area (Å²) in [6.45, 7) is 40.9. The van der Waals surface area contributed by atoms with Crippen molar-refractivity contribution in [1.82, 2.24) is 0 Å². The van der Waals surface area contributed by atoms with E-state index in [9.17, 15) is 0 Å². The summed E-state index contributed by atoms with van der Waals surface area (Å²) in [5.74, 6) is 0. The fourth-order valence-electron chi connectivity index (χ4n) is 9.98. The highest BCUT2D eigenvalue weighted by molar-refractivity contribution is 6.90. The lowest BCUT2D eigenvalue weighted by atomic mass is 10.5. The van der Waals surface area contributed by atoms with E-state index in [0.717, 1.165) is 72.5 Å². The van der Waals surface area contributed by atoms with Crippen LogP contribution < -0.4 is 0 Å². The van der Waals surface area contributed by atoms with E-state index in [-0.39, 0.29) is 24.4 Å². The Morgan fingerprint density at radius 3 is 1.51 bits per heavy atom. The van der Waals surface area contributed by atoms with Crippen molar-refractivity contribution in [2.24, 2.45) is 0 Å². The molecule has 17 atom stereocenters. The third kappa shape index (κ3) is 25.2. The van der Waals surface area contributed by atoms with Crippen LogP contribution in [0.4, 0.5) is 0 Å². The molecular weight excluding hydrogens is 1140 g/mol. The number of hydrogen-bond donors (Lipinski definition) is 0. The van der Waals surface area contributed by atoms with E-state index in [4.69, 9.17) is 63.0 Å². The zero-order valence-electron chi connectivity index (χ0n) is 45.3. The van der Waals surface area contributed by atoms with Gasteiger partial charge in [-0.05, 0) is 198 Å². The summed E-state index contributed by atoms with van der Waals surface area (Å²) < 4.78 is 103. The molecule has 32 heteroatoms. The Morgan fingerprint density at radius 2 is 0.896 bits per heavy atom. The lowest BCUT2D eigenvalue weighted by Gasteiger charge is -2.44. The largest absolute Gasteiger partial charge is 0.636 e. The highest BCUT2D eigenvalue weighted by atomic mass is 28.5. The predicted octanol–water partition coefficient (Wildman–Crippen LogP) is 4.64. The average Bonchev–Trinajstić information content (AvgIpc) is 3.13. The first-order chi connectivity index (χ1) is 31.2. The molecule has 0 aromatic rings. The highest BCUT2D eigenvalue weighted by Crippen LogP contribution is 2.35. The van der Waals surface area contributed by atoms with Crippen molar-refractivity contribution in [3.63, 3.8) is 0 Å². The molecule has 4 fully saturated rings. The Morgan fingerprint density at radius 1 is 0.433 bits per heavy atom. The molecule has 4 aliphatic rings. The fraction of sp³-hybridized carbons (Fsp3) is 1.00. The molecule has 4 aliphatic heterocycles. The van der Waals surface area contributed by atoms with Gasteiger partial charge >= 0.3 is 46.2 Å². The minimum atomic E-state index is -3.76. The second-order valence-corrected chi connectivity index (χ2v) is 70.0. The van der Waals surface area contributed by atoms with Gasteiger partial charge in [-0.3, -0.25) is 0 Å². The Kier molecular flexibility index (Phi) is 27.6. The normalized spacial score (nSPS) is 38.4. The maximum Gasteiger partial charge on any atom is 0.636 e. The van der Waals surface area contributed by atoms with Gasteiger partial charge in [-0.15, -0.1) is 0 Å². The summed E-state index contributed by atoms with van der Waals surface area (Å²) in [6, 6.07) is 11.8. The Balaban J connectivity index is 1.64. The molecule has 0 N–H and O–H groups in total. The summed E-state index contributed by atoms with van der Waals surface area (Å²) in [4.78, 5) is 0. The molecule has 0 saturated carbocycles. The van der Waals surface area contributed by atoms with Crippen molar-refractivity contribution in [1.29, 1.82) is 0 Å². The molecule has 0 spiro atoms. The van der Waals surface area contributed by atoms with Crippen molar-refractivity contribution < 1.29 is 63.0 Å². The minimum Gasteiger partial charge on any atom is -0.460 e. The maximum absolute atomic E-state index is 7.74. The third-order valence-corrected chi connectivity index (χ3v) is 70.9. The van der Waals surface area contributed by atoms with Crippen LogP contribution in [0.15, 0.2) is 0 Å². The van der Waals surface area contributed by atoms with Crippen LogP contribution in [-0.4, -0.2) is 178 Å². The van der Waals surface area contributed by atoms with E-state index < -0.39 is 154 Å². The Bertz CT molecular complexity index is 1250. The van der Waals surface area contributed by atoms with Crippen LogP contribution in [0.3, 0.4) is 0 Å². The molecule has 4 heterocycles. The number of rotatable bonds is 20. The summed E-state index contributed by atoms with van der Waals surface area (Å²) in [5.41, 5.74) is 1.18. The summed E-state index contributed by atoms with van der Waals surface area (Å²) in [5, 5.41) is 0. The molecule has 396 valence electrons. The van der Waals surface area contributed by atoms with Gasteiger partial charge in [-0.1, -0.05) is 0 Å².